The number of methoxy groups -OCH3 is 1. The minimum atomic E-state index is -0.229. The standard InChI is InChI=1S/C15H19N3O2S/c1-4-11-8-17-15(21-11)9(2)18-14(19)12-7-10(20-3)5-6-13(12)16/h5-9H,4,16H2,1-3H3,(H,18,19). The van der Waals surface area contributed by atoms with Gasteiger partial charge in [0, 0.05) is 16.8 Å². The van der Waals surface area contributed by atoms with E-state index in [9.17, 15) is 4.79 Å². The van der Waals surface area contributed by atoms with Crippen LogP contribution < -0.4 is 15.8 Å². The van der Waals surface area contributed by atoms with E-state index >= 15 is 0 Å². The molecular formula is C15H19N3O2S. The maximum atomic E-state index is 12.3. The van der Waals surface area contributed by atoms with Gasteiger partial charge in [0.25, 0.3) is 5.91 Å². The highest BCUT2D eigenvalue weighted by Crippen LogP contribution is 2.23. The number of thiazole rings is 1. The highest BCUT2D eigenvalue weighted by molar-refractivity contribution is 7.11. The predicted molar refractivity (Wildman–Crippen MR) is 84.8 cm³/mol. The van der Waals surface area contributed by atoms with Gasteiger partial charge in [0.15, 0.2) is 0 Å². The zero-order valence-electron chi connectivity index (χ0n) is 12.3. The third-order valence-corrected chi connectivity index (χ3v) is 4.47. The van der Waals surface area contributed by atoms with E-state index in [4.69, 9.17) is 10.5 Å². The molecule has 3 N–H and O–H groups in total. The van der Waals surface area contributed by atoms with Crippen LogP contribution in [0.4, 0.5) is 5.69 Å². The topological polar surface area (TPSA) is 77.2 Å². The molecule has 0 aliphatic heterocycles. The Labute approximate surface area is 128 Å². The highest BCUT2D eigenvalue weighted by Gasteiger charge is 2.16. The molecule has 1 heterocycles. The molecule has 112 valence electrons. The van der Waals surface area contributed by atoms with Gasteiger partial charge in [-0.3, -0.25) is 4.79 Å². The van der Waals surface area contributed by atoms with Crippen molar-refractivity contribution in [1.29, 1.82) is 0 Å². The van der Waals surface area contributed by atoms with Crippen LogP contribution >= 0.6 is 11.3 Å². The summed E-state index contributed by atoms with van der Waals surface area (Å²) in [5, 5.41) is 3.81. The first kappa shape index (κ1) is 15.3. The average Bonchev–Trinajstić information content (AvgIpc) is 2.96. The first-order valence-electron chi connectivity index (χ1n) is 6.74. The van der Waals surface area contributed by atoms with E-state index in [0.29, 0.717) is 17.0 Å². The first-order valence-corrected chi connectivity index (χ1v) is 7.55. The van der Waals surface area contributed by atoms with Crippen molar-refractivity contribution in [3.05, 3.63) is 39.8 Å². The first-order chi connectivity index (χ1) is 10.0. The van der Waals surface area contributed by atoms with Crippen molar-refractivity contribution in [2.75, 3.05) is 12.8 Å². The molecule has 1 aromatic carbocycles. The quantitative estimate of drug-likeness (QED) is 0.833. The lowest BCUT2D eigenvalue weighted by atomic mass is 10.1. The maximum absolute atomic E-state index is 12.3. The number of benzene rings is 1. The molecule has 0 aliphatic carbocycles. The van der Waals surface area contributed by atoms with Gasteiger partial charge in [0.2, 0.25) is 0 Å². The Hall–Kier alpha value is -2.08. The Bertz CT molecular complexity index is 640. The summed E-state index contributed by atoms with van der Waals surface area (Å²) in [4.78, 5) is 17.9. The Balaban J connectivity index is 2.13. The molecule has 0 saturated heterocycles. The Morgan fingerprint density at radius 3 is 2.90 bits per heavy atom. The molecule has 2 rings (SSSR count). The number of ether oxygens (including phenoxy) is 1. The number of aryl methyl sites for hydroxylation is 1. The van der Waals surface area contributed by atoms with Crippen LogP contribution in [-0.2, 0) is 6.42 Å². The summed E-state index contributed by atoms with van der Waals surface area (Å²) in [6.07, 6.45) is 2.80. The highest BCUT2D eigenvalue weighted by atomic mass is 32.1. The zero-order chi connectivity index (χ0) is 15.4. The van der Waals surface area contributed by atoms with Crippen molar-refractivity contribution < 1.29 is 9.53 Å². The molecule has 1 aromatic heterocycles. The minimum Gasteiger partial charge on any atom is -0.497 e. The summed E-state index contributed by atoms with van der Waals surface area (Å²) < 4.78 is 5.12. The van der Waals surface area contributed by atoms with Crippen LogP contribution in [0.1, 0.15) is 40.1 Å². The fourth-order valence-electron chi connectivity index (χ4n) is 1.88. The summed E-state index contributed by atoms with van der Waals surface area (Å²) in [6, 6.07) is 4.87. The second kappa shape index (κ2) is 6.58. The number of nitrogens with two attached hydrogens (primary N) is 1. The van der Waals surface area contributed by atoms with Crippen LogP contribution in [0, 0.1) is 0 Å². The van der Waals surface area contributed by atoms with E-state index in [0.717, 1.165) is 11.4 Å². The van der Waals surface area contributed by atoms with Gasteiger partial charge in [0.05, 0.1) is 18.7 Å². The van der Waals surface area contributed by atoms with Crippen molar-refractivity contribution in [3.63, 3.8) is 0 Å². The van der Waals surface area contributed by atoms with Crippen LogP contribution in [-0.4, -0.2) is 18.0 Å². The molecule has 0 radical (unpaired) electrons. The molecule has 5 nitrogen and oxygen atoms in total. The van der Waals surface area contributed by atoms with E-state index in [1.165, 1.54) is 4.88 Å². The number of aromatic nitrogens is 1. The van der Waals surface area contributed by atoms with Gasteiger partial charge in [-0.25, -0.2) is 4.98 Å². The number of nitrogens with one attached hydrogen (secondary N) is 1. The molecule has 2 aromatic rings. The van der Waals surface area contributed by atoms with Crippen molar-refractivity contribution >= 4 is 22.9 Å². The lowest BCUT2D eigenvalue weighted by Gasteiger charge is -2.13. The molecule has 6 heteroatoms. The number of anilines is 1. The molecular weight excluding hydrogens is 286 g/mol. The van der Waals surface area contributed by atoms with E-state index in [1.807, 2.05) is 13.1 Å². The third kappa shape index (κ3) is 3.52. The Kier molecular flexibility index (Phi) is 4.80. The summed E-state index contributed by atoms with van der Waals surface area (Å²) in [7, 11) is 1.55. The van der Waals surface area contributed by atoms with Crippen molar-refractivity contribution in [3.8, 4) is 5.75 Å². The molecule has 1 amide bonds. The molecule has 0 spiro atoms. The largest absolute Gasteiger partial charge is 0.497 e. The number of carbonyl (C=O) groups is 1. The van der Waals surface area contributed by atoms with Gasteiger partial charge in [-0.2, -0.15) is 0 Å². The fraction of sp³-hybridized carbons (Fsp3) is 0.333. The molecule has 0 fully saturated rings. The second-order valence-electron chi connectivity index (χ2n) is 4.67. The van der Waals surface area contributed by atoms with E-state index in [2.05, 4.69) is 17.2 Å². The lowest BCUT2D eigenvalue weighted by Crippen LogP contribution is -2.27. The van der Waals surface area contributed by atoms with E-state index in [-0.39, 0.29) is 11.9 Å². The van der Waals surface area contributed by atoms with Crippen LogP contribution in [0.3, 0.4) is 0 Å². The van der Waals surface area contributed by atoms with Gasteiger partial charge < -0.3 is 15.8 Å². The molecule has 0 bridgehead atoms. The second-order valence-corrected chi connectivity index (χ2v) is 5.81. The van der Waals surface area contributed by atoms with Crippen molar-refractivity contribution in [1.82, 2.24) is 10.3 Å². The Morgan fingerprint density at radius 2 is 2.29 bits per heavy atom. The number of amides is 1. The van der Waals surface area contributed by atoms with Crippen LogP contribution in [0.15, 0.2) is 24.4 Å². The van der Waals surface area contributed by atoms with Crippen molar-refractivity contribution in [2.45, 2.75) is 26.3 Å². The van der Waals surface area contributed by atoms with Gasteiger partial charge in [0.1, 0.15) is 10.8 Å². The van der Waals surface area contributed by atoms with Gasteiger partial charge in [-0.05, 0) is 31.5 Å². The number of nitrogens with zero attached hydrogens (tertiary/aromatic N) is 1. The molecule has 1 unspecified atom stereocenters. The predicted octanol–water partition coefficient (Wildman–Crippen LogP) is 2.79. The molecule has 1 atom stereocenters. The van der Waals surface area contributed by atoms with Crippen LogP contribution in [0.2, 0.25) is 0 Å². The Morgan fingerprint density at radius 1 is 1.52 bits per heavy atom. The average molecular weight is 305 g/mol. The van der Waals surface area contributed by atoms with Crippen molar-refractivity contribution in [2.24, 2.45) is 0 Å². The van der Waals surface area contributed by atoms with Gasteiger partial charge in [-0.15, -0.1) is 11.3 Å². The van der Waals surface area contributed by atoms with Gasteiger partial charge in [-0.1, -0.05) is 6.92 Å². The van der Waals surface area contributed by atoms with E-state index < -0.39 is 0 Å². The van der Waals surface area contributed by atoms with Crippen LogP contribution in [0.25, 0.3) is 0 Å². The smallest absolute Gasteiger partial charge is 0.254 e. The summed E-state index contributed by atoms with van der Waals surface area (Å²) in [5.41, 5.74) is 6.69. The lowest BCUT2D eigenvalue weighted by molar-refractivity contribution is 0.0940. The number of hydrogen-bond donors (Lipinski definition) is 2. The summed E-state index contributed by atoms with van der Waals surface area (Å²) in [5.74, 6) is 0.372. The minimum absolute atomic E-state index is 0.159. The normalized spacial score (nSPS) is 12.0. The molecule has 0 saturated carbocycles. The fourth-order valence-corrected chi connectivity index (χ4v) is 2.74. The summed E-state index contributed by atoms with van der Waals surface area (Å²) in [6.45, 7) is 3.99. The molecule has 0 aliphatic rings. The van der Waals surface area contributed by atoms with E-state index in [1.54, 1.807) is 36.6 Å². The third-order valence-electron chi connectivity index (χ3n) is 3.14. The van der Waals surface area contributed by atoms with Crippen LogP contribution in [0.5, 0.6) is 5.75 Å². The molecule has 21 heavy (non-hydrogen) atoms. The number of rotatable bonds is 5. The number of hydrogen-bond acceptors (Lipinski definition) is 5. The van der Waals surface area contributed by atoms with Gasteiger partial charge >= 0.3 is 0 Å². The number of nitrogen functional groups attached to an aromatic ring is 1. The SMILES string of the molecule is CCc1cnc(C(C)NC(=O)c2cc(OC)ccc2N)s1. The zero-order valence-corrected chi connectivity index (χ0v) is 13.2. The maximum Gasteiger partial charge on any atom is 0.254 e. The number of carbonyl (C=O) groups excluding carboxylic acids is 1. The summed E-state index contributed by atoms with van der Waals surface area (Å²) >= 11 is 1.61. The monoisotopic (exact) mass is 305 g/mol.